The van der Waals surface area contributed by atoms with Crippen LogP contribution >= 0.6 is 0 Å². The third kappa shape index (κ3) is 5.13. The number of methoxy groups -OCH3 is 1. The summed E-state index contributed by atoms with van der Waals surface area (Å²) < 4.78 is 5.28. The molecule has 0 aromatic heterocycles. The molecule has 5 heteroatoms. The maximum atomic E-state index is 12.5. The smallest absolute Gasteiger partial charge is 0.317 e. The summed E-state index contributed by atoms with van der Waals surface area (Å²) in [6.45, 7) is 6.48. The van der Waals surface area contributed by atoms with E-state index in [-0.39, 0.29) is 12.6 Å². The molecule has 2 N–H and O–H groups in total. The minimum Gasteiger partial charge on any atom is -0.497 e. The van der Waals surface area contributed by atoms with Crippen LogP contribution in [0.2, 0.25) is 0 Å². The highest BCUT2D eigenvalue weighted by Gasteiger charge is 2.22. The zero-order valence-electron chi connectivity index (χ0n) is 15.0. The van der Waals surface area contributed by atoms with Gasteiger partial charge >= 0.3 is 6.03 Å². The van der Waals surface area contributed by atoms with Crippen LogP contribution in [0.3, 0.4) is 0 Å². The summed E-state index contributed by atoms with van der Waals surface area (Å²) in [5, 5.41) is 12.2. The number of hydrogen-bond donors (Lipinski definition) is 2. The van der Waals surface area contributed by atoms with Crippen LogP contribution < -0.4 is 10.1 Å². The molecule has 5 nitrogen and oxygen atoms in total. The molecule has 0 radical (unpaired) electrons. The average Bonchev–Trinajstić information content (AvgIpc) is 2.58. The first-order valence-corrected chi connectivity index (χ1v) is 8.83. The van der Waals surface area contributed by atoms with E-state index in [9.17, 15) is 9.90 Å². The van der Waals surface area contributed by atoms with Crippen molar-refractivity contribution in [1.29, 1.82) is 0 Å². The van der Waals surface area contributed by atoms with Crippen molar-refractivity contribution in [2.45, 2.75) is 39.7 Å². The Morgan fingerprint density at radius 3 is 2.83 bits per heavy atom. The lowest BCUT2D eigenvalue weighted by Gasteiger charge is -2.30. The number of carbonyl (C=O) groups excluding carboxylic acids is 1. The van der Waals surface area contributed by atoms with Gasteiger partial charge in [-0.2, -0.15) is 0 Å². The molecule has 1 unspecified atom stereocenters. The predicted octanol–water partition coefficient (Wildman–Crippen LogP) is 2.81. The highest BCUT2D eigenvalue weighted by Crippen LogP contribution is 2.24. The summed E-state index contributed by atoms with van der Waals surface area (Å²) in [6, 6.07) is 6.06. The number of carbonyl (C=O) groups is 1. The number of nitrogens with zero attached hydrogens (tertiary/aromatic N) is 1. The van der Waals surface area contributed by atoms with Gasteiger partial charge < -0.3 is 20.1 Å². The van der Waals surface area contributed by atoms with E-state index in [0.29, 0.717) is 24.9 Å². The van der Waals surface area contributed by atoms with Crippen LogP contribution in [-0.2, 0) is 13.0 Å². The molecule has 134 valence electrons. The molecule has 0 fully saturated rings. The Bertz CT molecular complexity index is 545. The highest BCUT2D eigenvalue weighted by atomic mass is 16.5. The van der Waals surface area contributed by atoms with Gasteiger partial charge in [0.15, 0.2) is 0 Å². The second-order valence-corrected chi connectivity index (χ2v) is 7.00. The molecule has 24 heavy (non-hydrogen) atoms. The number of rotatable bonds is 7. The summed E-state index contributed by atoms with van der Waals surface area (Å²) in [5.41, 5.74) is 2.45. The van der Waals surface area contributed by atoms with Crippen molar-refractivity contribution >= 4 is 6.03 Å². The van der Waals surface area contributed by atoms with Gasteiger partial charge in [-0.1, -0.05) is 19.9 Å². The maximum absolute atomic E-state index is 12.5. The van der Waals surface area contributed by atoms with E-state index in [1.807, 2.05) is 17.0 Å². The number of nitrogens with one attached hydrogen (secondary N) is 1. The van der Waals surface area contributed by atoms with Gasteiger partial charge in [-0.05, 0) is 54.4 Å². The molecule has 0 saturated carbocycles. The number of aliphatic hydroxyl groups excluding tert-OH is 1. The molecule has 1 aromatic rings. The Balaban J connectivity index is 1.90. The molecule has 1 aliphatic rings. The number of fused-ring (bicyclic) bond motifs is 1. The Kier molecular flexibility index (Phi) is 6.91. The zero-order valence-corrected chi connectivity index (χ0v) is 15.0. The first-order chi connectivity index (χ1) is 11.5. The molecular formula is C19H30N2O3. The van der Waals surface area contributed by atoms with Gasteiger partial charge in [0.1, 0.15) is 5.75 Å². The van der Waals surface area contributed by atoms with Gasteiger partial charge in [-0.15, -0.1) is 0 Å². The fourth-order valence-electron chi connectivity index (χ4n) is 3.33. The molecule has 1 heterocycles. The molecular weight excluding hydrogens is 304 g/mol. The first kappa shape index (κ1) is 18.6. The summed E-state index contributed by atoms with van der Waals surface area (Å²) in [4.78, 5) is 14.3. The molecule has 1 aliphatic heterocycles. The van der Waals surface area contributed by atoms with Crippen molar-refractivity contribution in [2.24, 2.45) is 11.8 Å². The largest absolute Gasteiger partial charge is 0.497 e. The lowest BCUT2D eigenvalue weighted by atomic mass is 9.94. The van der Waals surface area contributed by atoms with Crippen molar-refractivity contribution < 1.29 is 14.6 Å². The van der Waals surface area contributed by atoms with Crippen LogP contribution in [0.5, 0.6) is 5.75 Å². The van der Waals surface area contributed by atoms with Crippen LogP contribution in [0.1, 0.15) is 37.8 Å². The minimum atomic E-state index is -0.0184. The SMILES string of the molecule is COc1ccc2c(c1)CN(C(=O)NCC(CCO)CC(C)C)CC2. The van der Waals surface area contributed by atoms with Gasteiger partial charge in [0.2, 0.25) is 0 Å². The molecule has 1 aromatic carbocycles. The molecule has 2 rings (SSSR count). The number of benzene rings is 1. The standard InChI is InChI=1S/C19H30N2O3/c1-14(2)10-15(7-9-22)12-20-19(23)21-8-6-16-4-5-18(24-3)11-17(16)13-21/h4-5,11,14-15,22H,6-10,12-13H2,1-3H3,(H,20,23). The lowest BCUT2D eigenvalue weighted by molar-refractivity contribution is 0.186. The van der Waals surface area contributed by atoms with Crippen LogP contribution in [0.15, 0.2) is 18.2 Å². The topological polar surface area (TPSA) is 61.8 Å². The van der Waals surface area contributed by atoms with Crippen molar-refractivity contribution in [1.82, 2.24) is 10.2 Å². The Morgan fingerprint density at radius 1 is 1.38 bits per heavy atom. The van der Waals surface area contributed by atoms with Gasteiger partial charge in [-0.3, -0.25) is 0 Å². The third-order valence-electron chi connectivity index (χ3n) is 4.60. The van der Waals surface area contributed by atoms with E-state index in [0.717, 1.165) is 37.1 Å². The molecule has 1 atom stereocenters. The fourth-order valence-corrected chi connectivity index (χ4v) is 3.33. The normalized spacial score (nSPS) is 15.1. The van der Waals surface area contributed by atoms with E-state index in [2.05, 4.69) is 25.2 Å². The van der Waals surface area contributed by atoms with Crippen LogP contribution in [0.4, 0.5) is 4.79 Å². The van der Waals surface area contributed by atoms with Gasteiger partial charge in [0.25, 0.3) is 0 Å². The summed E-state index contributed by atoms with van der Waals surface area (Å²) >= 11 is 0. The van der Waals surface area contributed by atoms with Crippen LogP contribution in [0, 0.1) is 11.8 Å². The molecule has 0 spiro atoms. The molecule has 0 aliphatic carbocycles. The average molecular weight is 334 g/mol. The van der Waals surface area contributed by atoms with Gasteiger partial charge in [-0.25, -0.2) is 4.79 Å². The van der Waals surface area contributed by atoms with E-state index in [4.69, 9.17) is 4.74 Å². The Morgan fingerprint density at radius 2 is 2.17 bits per heavy atom. The second kappa shape index (κ2) is 8.92. The summed E-state index contributed by atoms with van der Waals surface area (Å²) in [6.07, 6.45) is 2.62. The number of urea groups is 1. The van der Waals surface area contributed by atoms with Crippen molar-refractivity contribution in [3.63, 3.8) is 0 Å². The van der Waals surface area contributed by atoms with Crippen molar-refractivity contribution in [3.8, 4) is 5.75 Å². The fraction of sp³-hybridized carbons (Fsp3) is 0.632. The second-order valence-electron chi connectivity index (χ2n) is 7.00. The lowest BCUT2D eigenvalue weighted by Crippen LogP contribution is -2.44. The quantitative estimate of drug-likeness (QED) is 0.806. The van der Waals surface area contributed by atoms with E-state index in [1.165, 1.54) is 5.56 Å². The van der Waals surface area contributed by atoms with Gasteiger partial charge in [0.05, 0.1) is 7.11 Å². The molecule has 2 amide bonds. The van der Waals surface area contributed by atoms with Crippen molar-refractivity contribution in [2.75, 3.05) is 26.8 Å². The van der Waals surface area contributed by atoms with Gasteiger partial charge in [0, 0.05) is 26.2 Å². The third-order valence-corrected chi connectivity index (χ3v) is 4.60. The monoisotopic (exact) mass is 334 g/mol. The summed E-state index contributed by atoms with van der Waals surface area (Å²) in [7, 11) is 1.66. The minimum absolute atomic E-state index is 0.0184. The number of aliphatic hydroxyl groups is 1. The highest BCUT2D eigenvalue weighted by molar-refractivity contribution is 5.74. The van der Waals surface area contributed by atoms with E-state index >= 15 is 0 Å². The van der Waals surface area contributed by atoms with E-state index < -0.39 is 0 Å². The first-order valence-electron chi connectivity index (χ1n) is 8.83. The number of hydrogen-bond acceptors (Lipinski definition) is 3. The number of ether oxygens (including phenoxy) is 1. The molecule has 0 bridgehead atoms. The Labute approximate surface area is 145 Å². The predicted molar refractivity (Wildman–Crippen MR) is 95.2 cm³/mol. The van der Waals surface area contributed by atoms with Crippen molar-refractivity contribution in [3.05, 3.63) is 29.3 Å². The zero-order chi connectivity index (χ0) is 17.5. The Hall–Kier alpha value is -1.75. The van der Waals surface area contributed by atoms with Crippen LogP contribution in [-0.4, -0.2) is 42.8 Å². The number of amides is 2. The maximum Gasteiger partial charge on any atom is 0.317 e. The molecule has 0 saturated heterocycles. The van der Waals surface area contributed by atoms with E-state index in [1.54, 1.807) is 7.11 Å². The van der Waals surface area contributed by atoms with Crippen LogP contribution in [0.25, 0.3) is 0 Å². The summed E-state index contributed by atoms with van der Waals surface area (Å²) in [5.74, 6) is 1.72.